The highest BCUT2D eigenvalue weighted by atomic mass is 32.2. The first-order valence-corrected chi connectivity index (χ1v) is 8.38. The molecule has 2 unspecified atom stereocenters. The van der Waals surface area contributed by atoms with Gasteiger partial charge in [-0.25, -0.2) is 0 Å². The van der Waals surface area contributed by atoms with Gasteiger partial charge in [0.05, 0.1) is 31.5 Å². The summed E-state index contributed by atoms with van der Waals surface area (Å²) in [5.74, 6) is 2.69. The minimum Gasteiger partial charge on any atom is -0.390 e. The third kappa shape index (κ3) is 4.60. The van der Waals surface area contributed by atoms with Crippen molar-refractivity contribution in [1.29, 1.82) is 0 Å². The van der Waals surface area contributed by atoms with Gasteiger partial charge < -0.3 is 19.3 Å². The van der Waals surface area contributed by atoms with Gasteiger partial charge in [-0.1, -0.05) is 0 Å². The lowest BCUT2D eigenvalue weighted by Gasteiger charge is -2.44. The summed E-state index contributed by atoms with van der Waals surface area (Å²) in [5, 5.41) is 10.3. The van der Waals surface area contributed by atoms with E-state index in [1.165, 1.54) is 11.5 Å². The van der Waals surface area contributed by atoms with Crippen molar-refractivity contribution in [3.05, 3.63) is 0 Å². The van der Waals surface area contributed by atoms with Crippen molar-refractivity contribution in [2.45, 2.75) is 37.4 Å². The van der Waals surface area contributed by atoms with Crippen LogP contribution in [0.25, 0.3) is 0 Å². The third-order valence-electron chi connectivity index (χ3n) is 4.20. The summed E-state index contributed by atoms with van der Waals surface area (Å²) in [7, 11) is 1.66. The largest absolute Gasteiger partial charge is 0.390 e. The Bertz CT molecular complexity index is 250. The zero-order valence-corrected chi connectivity index (χ0v) is 12.6. The maximum absolute atomic E-state index is 10.3. The summed E-state index contributed by atoms with van der Waals surface area (Å²) >= 11 is 2.01. The Labute approximate surface area is 120 Å². The average molecular weight is 290 g/mol. The molecule has 1 spiro atoms. The summed E-state index contributed by atoms with van der Waals surface area (Å²) in [4.78, 5) is 0. The van der Waals surface area contributed by atoms with Gasteiger partial charge in [0.2, 0.25) is 0 Å². The molecule has 2 aliphatic rings. The number of aliphatic hydroxyl groups is 1. The number of methoxy groups -OCH3 is 1. The second kappa shape index (κ2) is 7.84. The number of rotatable bonds is 6. The molecule has 19 heavy (non-hydrogen) atoms. The minimum absolute atomic E-state index is 0.0433. The van der Waals surface area contributed by atoms with E-state index in [-0.39, 0.29) is 11.7 Å². The normalized spacial score (nSPS) is 28.4. The van der Waals surface area contributed by atoms with Crippen LogP contribution in [0.3, 0.4) is 0 Å². The van der Waals surface area contributed by atoms with Crippen LogP contribution in [-0.2, 0) is 14.2 Å². The van der Waals surface area contributed by atoms with Gasteiger partial charge in [0.15, 0.2) is 0 Å². The maximum atomic E-state index is 10.3. The topological polar surface area (TPSA) is 47.9 Å². The van der Waals surface area contributed by atoms with Crippen LogP contribution in [0, 0.1) is 5.92 Å². The lowest BCUT2D eigenvalue weighted by atomic mass is 9.79. The van der Waals surface area contributed by atoms with Crippen LogP contribution in [0.4, 0.5) is 0 Å². The van der Waals surface area contributed by atoms with E-state index >= 15 is 0 Å². The van der Waals surface area contributed by atoms with E-state index in [4.69, 9.17) is 14.2 Å². The predicted molar refractivity (Wildman–Crippen MR) is 76.7 cm³/mol. The Hall–Kier alpha value is 0.190. The molecule has 2 aliphatic heterocycles. The second-order valence-electron chi connectivity index (χ2n) is 5.53. The fourth-order valence-electron chi connectivity index (χ4n) is 2.97. The number of hydrogen-bond acceptors (Lipinski definition) is 5. The molecule has 0 aliphatic carbocycles. The molecule has 4 nitrogen and oxygen atoms in total. The Morgan fingerprint density at radius 3 is 2.89 bits per heavy atom. The molecule has 0 radical (unpaired) electrons. The number of thioether (sulfide) groups is 1. The van der Waals surface area contributed by atoms with Crippen LogP contribution in [0.15, 0.2) is 0 Å². The van der Waals surface area contributed by atoms with Crippen LogP contribution in [0.5, 0.6) is 0 Å². The maximum Gasteiger partial charge on any atom is 0.0803 e. The van der Waals surface area contributed by atoms with Crippen molar-refractivity contribution < 1.29 is 19.3 Å². The Morgan fingerprint density at radius 2 is 2.16 bits per heavy atom. The molecule has 0 aromatic heterocycles. The van der Waals surface area contributed by atoms with Crippen LogP contribution in [-0.4, -0.2) is 61.9 Å². The van der Waals surface area contributed by atoms with Gasteiger partial charge in [-0.05, 0) is 43.1 Å². The Morgan fingerprint density at radius 1 is 1.37 bits per heavy atom. The van der Waals surface area contributed by atoms with E-state index in [9.17, 15) is 5.11 Å². The molecule has 0 aromatic carbocycles. The van der Waals surface area contributed by atoms with Crippen LogP contribution in [0.1, 0.15) is 25.7 Å². The summed E-state index contributed by atoms with van der Waals surface area (Å²) in [5.41, 5.74) is 0.0433. The van der Waals surface area contributed by atoms with Gasteiger partial charge in [-0.2, -0.15) is 11.8 Å². The van der Waals surface area contributed by atoms with Gasteiger partial charge in [0.1, 0.15) is 0 Å². The van der Waals surface area contributed by atoms with E-state index in [2.05, 4.69) is 0 Å². The van der Waals surface area contributed by atoms with E-state index in [1.54, 1.807) is 7.11 Å². The molecule has 0 aromatic rings. The van der Waals surface area contributed by atoms with Crippen molar-refractivity contribution in [1.82, 2.24) is 0 Å². The van der Waals surface area contributed by atoms with Gasteiger partial charge in [-0.3, -0.25) is 0 Å². The van der Waals surface area contributed by atoms with Gasteiger partial charge in [0.25, 0.3) is 0 Å². The highest BCUT2D eigenvalue weighted by Crippen LogP contribution is 2.40. The number of hydrogen-bond donors (Lipinski definition) is 1. The van der Waals surface area contributed by atoms with Crippen molar-refractivity contribution in [2.24, 2.45) is 5.92 Å². The summed E-state index contributed by atoms with van der Waals surface area (Å²) in [6.45, 7) is 2.34. The van der Waals surface area contributed by atoms with Crippen molar-refractivity contribution in [3.63, 3.8) is 0 Å². The van der Waals surface area contributed by atoms with E-state index in [0.29, 0.717) is 25.7 Å². The molecule has 1 N–H and O–H groups in total. The lowest BCUT2D eigenvalue weighted by Crippen LogP contribution is -2.46. The predicted octanol–water partition coefficient (Wildman–Crippen LogP) is 1.70. The van der Waals surface area contributed by atoms with Crippen molar-refractivity contribution >= 4 is 11.8 Å². The van der Waals surface area contributed by atoms with Gasteiger partial charge in [-0.15, -0.1) is 0 Å². The van der Waals surface area contributed by atoms with Crippen LogP contribution >= 0.6 is 11.8 Å². The average Bonchev–Trinajstić information content (AvgIpc) is 2.44. The summed E-state index contributed by atoms with van der Waals surface area (Å²) < 4.78 is 16.4. The molecule has 0 saturated carbocycles. The zero-order chi connectivity index (χ0) is 13.6. The number of ether oxygens (including phenoxy) is 3. The fraction of sp³-hybridized carbons (Fsp3) is 1.00. The highest BCUT2D eigenvalue weighted by Gasteiger charge is 2.40. The second-order valence-corrected chi connectivity index (χ2v) is 6.76. The molecule has 0 amide bonds. The number of aliphatic hydroxyl groups excluding tert-OH is 1. The molecule has 2 rings (SSSR count). The Balaban J connectivity index is 1.76. The van der Waals surface area contributed by atoms with Crippen molar-refractivity contribution in [2.75, 3.05) is 45.0 Å². The molecule has 0 bridgehead atoms. The first kappa shape index (κ1) is 15.6. The SMILES string of the molecule is COCCOCC(O)C1CCOC2(CCSCC2)C1. The molecular weight excluding hydrogens is 264 g/mol. The standard InChI is InChI=1S/C14H26O4S/c1-16-6-7-17-11-13(15)12-2-5-18-14(10-12)3-8-19-9-4-14/h12-13,15H,2-11H2,1H3. The van der Waals surface area contributed by atoms with E-state index in [1.807, 2.05) is 11.8 Å². The molecule has 2 saturated heterocycles. The molecular formula is C14H26O4S. The lowest BCUT2D eigenvalue weighted by molar-refractivity contribution is -0.129. The highest BCUT2D eigenvalue weighted by molar-refractivity contribution is 7.99. The van der Waals surface area contributed by atoms with Crippen LogP contribution in [0.2, 0.25) is 0 Å². The van der Waals surface area contributed by atoms with Gasteiger partial charge >= 0.3 is 0 Å². The van der Waals surface area contributed by atoms with Gasteiger partial charge in [0, 0.05) is 13.7 Å². The smallest absolute Gasteiger partial charge is 0.0803 e. The van der Waals surface area contributed by atoms with E-state index < -0.39 is 0 Å². The summed E-state index contributed by atoms with van der Waals surface area (Å²) in [6, 6.07) is 0. The van der Waals surface area contributed by atoms with E-state index in [0.717, 1.165) is 32.3 Å². The van der Waals surface area contributed by atoms with Crippen molar-refractivity contribution in [3.8, 4) is 0 Å². The summed E-state index contributed by atoms with van der Waals surface area (Å²) in [6.07, 6.45) is 3.83. The molecule has 2 fully saturated rings. The monoisotopic (exact) mass is 290 g/mol. The zero-order valence-electron chi connectivity index (χ0n) is 11.8. The molecule has 112 valence electrons. The first-order chi connectivity index (χ1) is 9.26. The van der Waals surface area contributed by atoms with Crippen LogP contribution < -0.4 is 0 Å². The Kier molecular flexibility index (Phi) is 6.42. The molecule has 5 heteroatoms. The minimum atomic E-state index is -0.368. The molecule has 2 atom stereocenters. The fourth-order valence-corrected chi connectivity index (χ4v) is 4.21. The quantitative estimate of drug-likeness (QED) is 0.755. The molecule has 2 heterocycles. The third-order valence-corrected chi connectivity index (χ3v) is 5.19. The first-order valence-electron chi connectivity index (χ1n) is 7.22.